The number of hydrogen-bond acceptors (Lipinski definition) is 4. The van der Waals surface area contributed by atoms with Gasteiger partial charge in [-0.15, -0.1) is 0 Å². The SMILES string of the molecule is CC(C)COP(=O)(c1ccc(N(C)C)cc1)C(O)c1ccc(Br)cc1. The molecule has 0 spiro atoms. The lowest BCUT2D eigenvalue weighted by Gasteiger charge is -2.26. The molecule has 0 aliphatic carbocycles. The topological polar surface area (TPSA) is 49.8 Å². The molecular weight excluding hydrogens is 401 g/mol. The molecule has 2 atom stereocenters. The third-order valence-electron chi connectivity index (χ3n) is 3.82. The summed E-state index contributed by atoms with van der Waals surface area (Å²) in [5.41, 5.74) is 1.57. The molecular formula is C19H25BrNO3P. The van der Waals surface area contributed by atoms with Crippen molar-refractivity contribution < 1.29 is 14.2 Å². The van der Waals surface area contributed by atoms with Gasteiger partial charge in [0.25, 0.3) is 7.37 Å². The molecule has 2 aromatic carbocycles. The van der Waals surface area contributed by atoms with Crippen molar-refractivity contribution in [2.45, 2.75) is 19.7 Å². The van der Waals surface area contributed by atoms with Crippen LogP contribution in [0.4, 0.5) is 5.69 Å². The molecule has 0 aliphatic rings. The summed E-state index contributed by atoms with van der Waals surface area (Å²) in [7, 11) is 0.408. The van der Waals surface area contributed by atoms with Gasteiger partial charge in [-0.25, -0.2) is 0 Å². The summed E-state index contributed by atoms with van der Waals surface area (Å²) in [6.07, 6.45) is 0. The Morgan fingerprint density at radius 1 is 1.08 bits per heavy atom. The number of halogens is 1. The molecule has 6 heteroatoms. The van der Waals surface area contributed by atoms with Crippen LogP contribution in [-0.4, -0.2) is 25.8 Å². The number of hydrogen-bond donors (Lipinski definition) is 1. The van der Waals surface area contributed by atoms with Crippen molar-refractivity contribution >= 4 is 34.3 Å². The minimum atomic E-state index is -3.48. The average molecular weight is 426 g/mol. The molecule has 2 unspecified atom stereocenters. The van der Waals surface area contributed by atoms with E-state index in [9.17, 15) is 9.67 Å². The molecule has 0 amide bonds. The highest BCUT2D eigenvalue weighted by Gasteiger charge is 2.36. The zero-order chi connectivity index (χ0) is 18.6. The molecule has 0 aliphatic heterocycles. The number of aliphatic hydroxyl groups excluding tert-OH is 1. The maximum absolute atomic E-state index is 13.7. The molecule has 0 aromatic heterocycles. The van der Waals surface area contributed by atoms with E-state index in [4.69, 9.17) is 4.52 Å². The van der Waals surface area contributed by atoms with Crippen molar-refractivity contribution in [1.29, 1.82) is 0 Å². The second-order valence-electron chi connectivity index (χ2n) is 6.62. The molecule has 25 heavy (non-hydrogen) atoms. The Bertz CT molecular complexity index is 729. The first-order valence-corrected chi connectivity index (χ1v) is 10.7. The summed E-state index contributed by atoms with van der Waals surface area (Å²) < 4.78 is 20.4. The van der Waals surface area contributed by atoms with E-state index in [1.165, 1.54) is 0 Å². The number of aliphatic hydroxyl groups is 1. The summed E-state index contributed by atoms with van der Waals surface area (Å²) in [6.45, 7) is 4.30. The fraction of sp³-hybridized carbons (Fsp3) is 0.368. The quantitative estimate of drug-likeness (QED) is 0.648. The Labute approximate surface area is 158 Å². The number of benzene rings is 2. The van der Waals surface area contributed by atoms with Crippen LogP contribution in [-0.2, 0) is 9.09 Å². The lowest BCUT2D eigenvalue weighted by molar-refractivity contribution is 0.203. The van der Waals surface area contributed by atoms with Crippen molar-refractivity contribution in [2.24, 2.45) is 5.92 Å². The van der Waals surface area contributed by atoms with Gasteiger partial charge in [0.2, 0.25) is 0 Å². The second-order valence-corrected chi connectivity index (χ2v) is 10.00. The lowest BCUT2D eigenvalue weighted by atomic mass is 10.2. The summed E-state index contributed by atoms with van der Waals surface area (Å²) >= 11 is 3.37. The van der Waals surface area contributed by atoms with E-state index in [-0.39, 0.29) is 5.92 Å². The van der Waals surface area contributed by atoms with Gasteiger partial charge in [0.1, 0.15) is 0 Å². The van der Waals surface area contributed by atoms with Crippen molar-refractivity contribution in [3.63, 3.8) is 0 Å². The monoisotopic (exact) mass is 425 g/mol. The maximum Gasteiger partial charge on any atom is 0.264 e. The molecule has 2 aromatic rings. The molecule has 0 bridgehead atoms. The van der Waals surface area contributed by atoms with Gasteiger partial charge in [-0.1, -0.05) is 41.9 Å². The molecule has 0 radical (unpaired) electrons. The summed E-state index contributed by atoms with van der Waals surface area (Å²) in [5, 5.41) is 11.4. The Balaban J connectivity index is 2.42. The van der Waals surface area contributed by atoms with Crippen LogP contribution in [0, 0.1) is 5.92 Å². The number of anilines is 1. The molecule has 0 fully saturated rings. The van der Waals surface area contributed by atoms with E-state index in [0.29, 0.717) is 17.5 Å². The third kappa shape index (κ3) is 4.95. The average Bonchev–Trinajstić information content (AvgIpc) is 2.59. The van der Waals surface area contributed by atoms with Gasteiger partial charge in [-0.3, -0.25) is 4.57 Å². The zero-order valence-electron chi connectivity index (χ0n) is 15.0. The zero-order valence-corrected chi connectivity index (χ0v) is 17.5. The van der Waals surface area contributed by atoms with Crippen molar-refractivity contribution in [1.82, 2.24) is 0 Å². The van der Waals surface area contributed by atoms with Crippen LogP contribution in [0.5, 0.6) is 0 Å². The summed E-state index contributed by atoms with van der Waals surface area (Å²) in [4.78, 5) is 1.97. The molecule has 0 saturated heterocycles. The van der Waals surface area contributed by atoms with E-state index in [1.54, 1.807) is 24.3 Å². The Morgan fingerprint density at radius 2 is 1.64 bits per heavy atom. The van der Waals surface area contributed by atoms with Crippen molar-refractivity contribution in [3.8, 4) is 0 Å². The standard InChI is InChI=1S/C19H25BrNO3P/c1-14(2)13-24-25(23,18-11-9-17(10-12-18)21(3)4)19(22)15-5-7-16(20)8-6-15/h5-12,14,19,22H,13H2,1-4H3. The summed E-state index contributed by atoms with van der Waals surface area (Å²) in [6, 6.07) is 14.5. The van der Waals surface area contributed by atoms with E-state index in [0.717, 1.165) is 10.2 Å². The van der Waals surface area contributed by atoms with Gasteiger partial charge >= 0.3 is 0 Å². The van der Waals surface area contributed by atoms with E-state index in [1.807, 2.05) is 57.1 Å². The first-order valence-electron chi connectivity index (χ1n) is 8.20. The van der Waals surface area contributed by atoms with Gasteiger partial charge in [-0.2, -0.15) is 0 Å². The molecule has 1 N–H and O–H groups in total. The highest BCUT2D eigenvalue weighted by atomic mass is 79.9. The van der Waals surface area contributed by atoms with Gasteiger partial charge in [0, 0.05) is 29.6 Å². The maximum atomic E-state index is 13.7. The minimum absolute atomic E-state index is 0.214. The fourth-order valence-electron chi connectivity index (χ4n) is 2.34. The predicted octanol–water partition coefficient (Wildman–Crippen LogP) is 4.78. The van der Waals surface area contributed by atoms with E-state index >= 15 is 0 Å². The highest BCUT2D eigenvalue weighted by molar-refractivity contribution is 9.10. The Morgan fingerprint density at radius 3 is 2.12 bits per heavy atom. The predicted molar refractivity (Wildman–Crippen MR) is 108 cm³/mol. The first kappa shape index (κ1) is 20.2. The fourth-order valence-corrected chi connectivity index (χ4v) is 4.82. The Kier molecular flexibility index (Phi) is 6.86. The highest BCUT2D eigenvalue weighted by Crippen LogP contribution is 2.58. The normalized spacial score (nSPS) is 15.0. The van der Waals surface area contributed by atoms with E-state index < -0.39 is 13.2 Å². The Hall–Kier alpha value is -1.13. The number of nitrogens with zero attached hydrogens (tertiary/aromatic N) is 1. The van der Waals surface area contributed by atoms with Gasteiger partial charge in [0.15, 0.2) is 5.85 Å². The molecule has 2 rings (SSSR count). The van der Waals surface area contributed by atoms with Crippen molar-refractivity contribution in [3.05, 3.63) is 58.6 Å². The molecule has 4 nitrogen and oxygen atoms in total. The summed E-state index contributed by atoms with van der Waals surface area (Å²) in [5.74, 6) is -0.990. The van der Waals surface area contributed by atoms with Gasteiger partial charge < -0.3 is 14.5 Å². The van der Waals surface area contributed by atoms with Crippen LogP contribution in [0.3, 0.4) is 0 Å². The van der Waals surface area contributed by atoms with Crippen LogP contribution in [0.2, 0.25) is 0 Å². The minimum Gasteiger partial charge on any atom is -0.378 e. The van der Waals surface area contributed by atoms with Crippen molar-refractivity contribution in [2.75, 3.05) is 25.6 Å². The molecule has 136 valence electrons. The van der Waals surface area contributed by atoms with Gasteiger partial charge in [0.05, 0.1) is 6.61 Å². The van der Waals surface area contributed by atoms with Crippen LogP contribution in [0.15, 0.2) is 53.0 Å². The molecule has 0 heterocycles. The van der Waals surface area contributed by atoms with Crippen LogP contribution in [0.25, 0.3) is 0 Å². The van der Waals surface area contributed by atoms with Crippen LogP contribution >= 0.6 is 23.3 Å². The van der Waals surface area contributed by atoms with Crippen LogP contribution in [0.1, 0.15) is 25.3 Å². The largest absolute Gasteiger partial charge is 0.378 e. The first-order chi connectivity index (χ1) is 11.7. The van der Waals surface area contributed by atoms with E-state index in [2.05, 4.69) is 15.9 Å². The van der Waals surface area contributed by atoms with Crippen LogP contribution < -0.4 is 10.2 Å². The third-order valence-corrected chi connectivity index (χ3v) is 6.84. The lowest BCUT2D eigenvalue weighted by Crippen LogP contribution is -2.17. The van der Waals surface area contributed by atoms with Gasteiger partial charge in [-0.05, 0) is 47.9 Å². The molecule has 0 saturated carbocycles. The number of rotatable bonds is 7. The second kappa shape index (κ2) is 8.50. The smallest absolute Gasteiger partial charge is 0.264 e.